The fraction of sp³-hybridized carbons (Fsp3) is 0.100. The molecule has 0 aliphatic carbocycles. The van der Waals surface area contributed by atoms with E-state index in [-0.39, 0.29) is 11.6 Å². The number of nitrogens with zero attached hydrogens (tertiary/aromatic N) is 3. The molecule has 0 spiro atoms. The SMILES string of the molecule is COc1cccnc1-c1nc(N)ncc1F. The quantitative estimate of drug-likeness (QED) is 0.824. The number of anilines is 1. The lowest BCUT2D eigenvalue weighted by Gasteiger charge is -2.06. The van der Waals surface area contributed by atoms with Crippen LogP contribution in [0.4, 0.5) is 10.3 Å². The average molecular weight is 220 g/mol. The highest BCUT2D eigenvalue weighted by molar-refractivity contribution is 5.63. The van der Waals surface area contributed by atoms with Crippen LogP contribution >= 0.6 is 0 Å². The van der Waals surface area contributed by atoms with Gasteiger partial charge in [-0.25, -0.2) is 14.4 Å². The molecule has 0 fully saturated rings. The molecular weight excluding hydrogens is 211 g/mol. The van der Waals surface area contributed by atoms with Crippen LogP contribution < -0.4 is 10.5 Å². The molecule has 82 valence electrons. The summed E-state index contributed by atoms with van der Waals surface area (Å²) in [7, 11) is 1.48. The summed E-state index contributed by atoms with van der Waals surface area (Å²) in [6.45, 7) is 0. The molecule has 0 unspecified atom stereocenters. The Balaban J connectivity index is 2.62. The minimum absolute atomic E-state index is 0.0101. The predicted octanol–water partition coefficient (Wildman–Crippen LogP) is 1.27. The van der Waals surface area contributed by atoms with Crippen LogP contribution in [0.25, 0.3) is 11.4 Å². The Morgan fingerprint density at radius 3 is 2.88 bits per heavy atom. The molecule has 2 rings (SSSR count). The van der Waals surface area contributed by atoms with Crippen LogP contribution in [0.2, 0.25) is 0 Å². The first kappa shape index (κ1) is 10.3. The molecule has 0 aliphatic heterocycles. The molecule has 0 radical (unpaired) electrons. The smallest absolute Gasteiger partial charge is 0.220 e. The summed E-state index contributed by atoms with van der Waals surface area (Å²) in [5.74, 6) is -0.171. The fourth-order valence-electron chi connectivity index (χ4n) is 1.28. The number of rotatable bonds is 2. The molecular formula is C10H9FN4O. The van der Waals surface area contributed by atoms with Crippen molar-refractivity contribution in [3.05, 3.63) is 30.3 Å². The maximum Gasteiger partial charge on any atom is 0.220 e. The van der Waals surface area contributed by atoms with Gasteiger partial charge in [0.15, 0.2) is 5.82 Å². The van der Waals surface area contributed by atoms with Crippen LogP contribution in [-0.2, 0) is 0 Å². The molecule has 0 bridgehead atoms. The predicted molar refractivity (Wildman–Crippen MR) is 56.2 cm³/mol. The minimum Gasteiger partial charge on any atom is -0.494 e. The summed E-state index contributed by atoms with van der Waals surface area (Å²) in [6.07, 6.45) is 2.53. The Hall–Kier alpha value is -2.24. The number of aromatic nitrogens is 3. The van der Waals surface area contributed by atoms with Crippen molar-refractivity contribution in [2.24, 2.45) is 0 Å². The Morgan fingerprint density at radius 2 is 2.12 bits per heavy atom. The van der Waals surface area contributed by atoms with E-state index < -0.39 is 5.82 Å². The van der Waals surface area contributed by atoms with Gasteiger partial charge >= 0.3 is 0 Å². The van der Waals surface area contributed by atoms with Gasteiger partial charge in [-0.15, -0.1) is 0 Å². The van der Waals surface area contributed by atoms with Crippen LogP contribution in [0.5, 0.6) is 5.75 Å². The Kier molecular flexibility index (Phi) is 2.63. The molecule has 2 heterocycles. The maximum absolute atomic E-state index is 13.5. The van der Waals surface area contributed by atoms with Gasteiger partial charge in [-0.2, -0.15) is 0 Å². The van der Waals surface area contributed by atoms with Gasteiger partial charge in [0.2, 0.25) is 5.95 Å². The van der Waals surface area contributed by atoms with E-state index >= 15 is 0 Å². The lowest BCUT2D eigenvalue weighted by molar-refractivity contribution is 0.414. The average Bonchev–Trinajstić information content (AvgIpc) is 2.32. The number of hydrogen-bond donors (Lipinski definition) is 1. The molecule has 0 atom stereocenters. The first-order valence-electron chi connectivity index (χ1n) is 4.49. The normalized spacial score (nSPS) is 10.1. The number of methoxy groups -OCH3 is 1. The zero-order valence-corrected chi connectivity index (χ0v) is 8.51. The van der Waals surface area contributed by atoms with Crippen molar-refractivity contribution in [1.29, 1.82) is 0 Å². The third-order valence-electron chi connectivity index (χ3n) is 1.98. The maximum atomic E-state index is 13.5. The van der Waals surface area contributed by atoms with Gasteiger partial charge < -0.3 is 10.5 Å². The zero-order valence-electron chi connectivity index (χ0n) is 8.51. The van der Waals surface area contributed by atoms with Gasteiger partial charge in [0.1, 0.15) is 17.1 Å². The van der Waals surface area contributed by atoms with Crippen molar-refractivity contribution in [3.8, 4) is 17.1 Å². The van der Waals surface area contributed by atoms with Crippen LogP contribution in [0.3, 0.4) is 0 Å². The van der Waals surface area contributed by atoms with Crippen LogP contribution in [0.15, 0.2) is 24.5 Å². The van der Waals surface area contributed by atoms with Crippen molar-refractivity contribution in [1.82, 2.24) is 15.0 Å². The first-order chi connectivity index (χ1) is 7.72. The molecule has 5 nitrogen and oxygen atoms in total. The highest BCUT2D eigenvalue weighted by Gasteiger charge is 2.14. The van der Waals surface area contributed by atoms with Gasteiger partial charge in [-0.3, -0.25) is 4.98 Å². The lowest BCUT2D eigenvalue weighted by atomic mass is 10.2. The van der Waals surface area contributed by atoms with Gasteiger partial charge in [0.05, 0.1) is 13.3 Å². The second-order valence-corrected chi connectivity index (χ2v) is 2.98. The van der Waals surface area contributed by atoms with E-state index in [1.165, 1.54) is 13.3 Å². The van der Waals surface area contributed by atoms with Crippen LogP contribution in [0, 0.1) is 5.82 Å². The van der Waals surface area contributed by atoms with Crippen molar-refractivity contribution >= 4 is 5.95 Å². The molecule has 0 amide bonds. The third kappa shape index (κ3) is 1.77. The fourth-order valence-corrected chi connectivity index (χ4v) is 1.28. The monoisotopic (exact) mass is 220 g/mol. The van der Waals surface area contributed by atoms with Crippen molar-refractivity contribution in [3.63, 3.8) is 0 Å². The highest BCUT2D eigenvalue weighted by Crippen LogP contribution is 2.27. The zero-order chi connectivity index (χ0) is 11.5. The van der Waals surface area contributed by atoms with E-state index in [1.54, 1.807) is 12.1 Å². The summed E-state index contributed by atoms with van der Waals surface area (Å²) >= 11 is 0. The van der Waals surface area contributed by atoms with Gasteiger partial charge in [0, 0.05) is 6.20 Å². The highest BCUT2D eigenvalue weighted by atomic mass is 19.1. The van der Waals surface area contributed by atoms with E-state index in [0.717, 1.165) is 6.20 Å². The summed E-state index contributed by atoms with van der Waals surface area (Å²) in [6, 6.07) is 3.35. The van der Waals surface area contributed by atoms with E-state index in [0.29, 0.717) is 11.4 Å². The summed E-state index contributed by atoms with van der Waals surface area (Å²) < 4.78 is 18.6. The molecule has 0 aliphatic rings. The summed E-state index contributed by atoms with van der Waals surface area (Å²) in [5, 5.41) is 0. The molecule has 0 saturated heterocycles. The molecule has 0 saturated carbocycles. The van der Waals surface area contributed by atoms with Crippen LogP contribution in [-0.4, -0.2) is 22.1 Å². The molecule has 2 N–H and O–H groups in total. The van der Waals surface area contributed by atoms with E-state index in [4.69, 9.17) is 10.5 Å². The number of pyridine rings is 1. The number of ether oxygens (including phenoxy) is 1. The van der Waals surface area contributed by atoms with Gasteiger partial charge in [0.25, 0.3) is 0 Å². The first-order valence-corrected chi connectivity index (χ1v) is 4.49. The molecule has 6 heteroatoms. The van der Waals surface area contributed by atoms with Gasteiger partial charge in [-0.1, -0.05) is 0 Å². The van der Waals surface area contributed by atoms with Crippen molar-refractivity contribution in [2.75, 3.05) is 12.8 Å². The van der Waals surface area contributed by atoms with Crippen molar-refractivity contribution in [2.45, 2.75) is 0 Å². The summed E-state index contributed by atoms with van der Waals surface area (Å²) in [4.78, 5) is 11.4. The number of nitrogens with two attached hydrogens (primary N) is 1. The second-order valence-electron chi connectivity index (χ2n) is 2.98. The Morgan fingerprint density at radius 1 is 1.31 bits per heavy atom. The summed E-state index contributed by atoms with van der Waals surface area (Å²) in [5.41, 5.74) is 5.73. The molecule has 2 aromatic heterocycles. The third-order valence-corrected chi connectivity index (χ3v) is 1.98. The number of halogens is 1. The van der Waals surface area contributed by atoms with E-state index in [2.05, 4.69) is 15.0 Å². The Bertz CT molecular complexity index is 518. The molecule has 2 aromatic rings. The number of hydrogen-bond acceptors (Lipinski definition) is 5. The number of nitrogen functional groups attached to an aromatic ring is 1. The Labute approximate surface area is 91.1 Å². The molecule has 0 aromatic carbocycles. The topological polar surface area (TPSA) is 73.9 Å². The van der Waals surface area contributed by atoms with E-state index in [1.807, 2.05) is 0 Å². The minimum atomic E-state index is -0.591. The second kappa shape index (κ2) is 4.09. The lowest BCUT2D eigenvalue weighted by Crippen LogP contribution is -2.01. The van der Waals surface area contributed by atoms with Gasteiger partial charge in [-0.05, 0) is 12.1 Å². The largest absolute Gasteiger partial charge is 0.494 e. The van der Waals surface area contributed by atoms with E-state index in [9.17, 15) is 4.39 Å². The van der Waals surface area contributed by atoms with Crippen LogP contribution in [0.1, 0.15) is 0 Å². The molecule has 16 heavy (non-hydrogen) atoms. The standard InChI is InChI=1S/C10H9FN4O/c1-16-7-3-2-4-13-9(7)8-6(11)5-14-10(12)15-8/h2-5H,1H3,(H2,12,14,15). The van der Waals surface area contributed by atoms with Crippen molar-refractivity contribution < 1.29 is 9.13 Å².